The standard InChI is InChI=1S/C18H22N6O4S/c19-10-12-9-13-11-20-18(21-14-5-7-23(8-6-14)29(26,27)28)22-16(13)24(17(12)25)15-3-1-2-4-15/h9,11,14-15H,1-8H2,(H,20,21,22)(H,26,27,28). The van der Waals surface area contributed by atoms with Gasteiger partial charge >= 0.3 is 10.3 Å². The van der Waals surface area contributed by atoms with Gasteiger partial charge in [0.05, 0.1) is 0 Å². The van der Waals surface area contributed by atoms with E-state index in [9.17, 15) is 18.5 Å². The Labute approximate surface area is 168 Å². The molecule has 4 rings (SSSR count). The van der Waals surface area contributed by atoms with E-state index in [1.807, 2.05) is 6.07 Å². The summed E-state index contributed by atoms with van der Waals surface area (Å²) in [5, 5.41) is 13.2. The van der Waals surface area contributed by atoms with Gasteiger partial charge in [0.2, 0.25) is 5.95 Å². The summed E-state index contributed by atoms with van der Waals surface area (Å²) in [4.78, 5) is 21.7. The largest absolute Gasteiger partial charge is 0.351 e. The minimum atomic E-state index is -4.17. The molecule has 0 spiro atoms. The van der Waals surface area contributed by atoms with Crippen molar-refractivity contribution in [1.29, 1.82) is 5.26 Å². The Kier molecular flexibility index (Phi) is 5.24. The first-order chi connectivity index (χ1) is 13.9. The van der Waals surface area contributed by atoms with Crippen molar-refractivity contribution in [2.24, 2.45) is 0 Å². The lowest BCUT2D eigenvalue weighted by molar-refractivity contribution is 0.296. The molecule has 11 heteroatoms. The average molecular weight is 418 g/mol. The fourth-order valence-corrected chi connectivity index (χ4v) is 4.86. The molecule has 1 saturated heterocycles. The first kappa shape index (κ1) is 19.8. The zero-order valence-electron chi connectivity index (χ0n) is 15.8. The van der Waals surface area contributed by atoms with Crippen LogP contribution in [0.5, 0.6) is 0 Å². The fraction of sp³-hybridized carbons (Fsp3) is 0.556. The molecule has 2 aromatic heterocycles. The Morgan fingerprint density at radius 3 is 2.52 bits per heavy atom. The van der Waals surface area contributed by atoms with Crippen molar-refractivity contribution in [3.8, 4) is 6.07 Å². The number of aromatic nitrogens is 3. The van der Waals surface area contributed by atoms with Gasteiger partial charge < -0.3 is 5.32 Å². The Morgan fingerprint density at radius 2 is 1.90 bits per heavy atom. The van der Waals surface area contributed by atoms with Crippen molar-refractivity contribution in [2.45, 2.75) is 50.6 Å². The minimum absolute atomic E-state index is 0.0269. The van der Waals surface area contributed by atoms with Gasteiger partial charge in [-0.3, -0.25) is 13.9 Å². The molecule has 1 aliphatic carbocycles. The van der Waals surface area contributed by atoms with E-state index in [2.05, 4.69) is 15.3 Å². The maximum Gasteiger partial charge on any atom is 0.335 e. The summed E-state index contributed by atoms with van der Waals surface area (Å²) in [7, 11) is -4.17. The molecule has 2 N–H and O–H groups in total. The molecule has 154 valence electrons. The molecule has 1 aliphatic heterocycles. The Morgan fingerprint density at radius 1 is 1.21 bits per heavy atom. The molecule has 0 atom stereocenters. The van der Waals surface area contributed by atoms with Crippen LogP contribution in [-0.4, -0.2) is 50.9 Å². The molecule has 1 saturated carbocycles. The molecule has 0 unspecified atom stereocenters. The lowest BCUT2D eigenvalue weighted by Gasteiger charge is -2.29. The second kappa shape index (κ2) is 7.70. The predicted molar refractivity (Wildman–Crippen MR) is 106 cm³/mol. The summed E-state index contributed by atoms with van der Waals surface area (Å²) in [5.41, 5.74) is 0.276. The maximum absolute atomic E-state index is 12.8. The van der Waals surface area contributed by atoms with Crippen LogP contribution in [0.4, 0.5) is 5.95 Å². The number of hydrogen-bond acceptors (Lipinski definition) is 7. The summed E-state index contributed by atoms with van der Waals surface area (Å²) in [6.45, 7) is 0.421. The smallest absolute Gasteiger partial charge is 0.335 e. The van der Waals surface area contributed by atoms with Gasteiger partial charge in [0, 0.05) is 36.8 Å². The molecule has 29 heavy (non-hydrogen) atoms. The number of nitrogens with zero attached hydrogens (tertiary/aromatic N) is 5. The maximum atomic E-state index is 12.8. The van der Waals surface area contributed by atoms with E-state index in [0.29, 0.717) is 29.8 Å². The van der Waals surface area contributed by atoms with Crippen molar-refractivity contribution in [2.75, 3.05) is 18.4 Å². The second-order valence-electron chi connectivity index (χ2n) is 7.55. The van der Waals surface area contributed by atoms with E-state index < -0.39 is 10.3 Å². The number of fused-ring (bicyclic) bond motifs is 1. The van der Waals surface area contributed by atoms with Crippen molar-refractivity contribution in [3.05, 3.63) is 28.2 Å². The molecule has 0 radical (unpaired) electrons. The molecule has 2 fully saturated rings. The zero-order valence-corrected chi connectivity index (χ0v) is 16.6. The van der Waals surface area contributed by atoms with Gasteiger partial charge in [-0.1, -0.05) is 12.8 Å². The van der Waals surface area contributed by atoms with Gasteiger partial charge in [-0.2, -0.15) is 23.0 Å². The van der Waals surface area contributed by atoms with Crippen molar-refractivity contribution >= 4 is 27.3 Å². The summed E-state index contributed by atoms with van der Waals surface area (Å²) >= 11 is 0. The minimum Gasteiger partial charge on any atom is -0.351 e. The molecular weight excluding hydrogens is 396 g/mol. The number of hydrogen-bond donors (Lipinski definition) is 2. The van der Waals surface area contributed by atoms with E-state index in [1.165, 1.54) is 6.07 Å². The third kappa shape index (κ3) is 3.96. The van der Waals surface area contributed by atoms with Crippen LogP contribution >= 0.6 is 0 Å². The molecule has 0 bridgehead atoms. The number of piperidine rings is 1. The summed E-state index contributed by atoms with van der Waals surface area (Å²) in [6.07, 6.45) is 6.45. The number of rotatable bonds is 4. The average Bonchev–Trinajstić information content (AvgIpc) is 3.21. The van der Waals surface area contributed by atoms with Gasteiger partial charge in [-0.05, 0) is 31.7 Å². The van der Waals surface area contributed by atoms with Crippen LogP contribution in [0.3, 0.4) is 0 Å². The SMILES string of the molecule is N#Cc1cc2cnc(NC3CCN(S(=O)(=O)O)CC3)nc2n(C2CCCC2)c1=O. The molecule has 2 aromatic rings. The first-order valence-corrected chi connectivity index (χ1v) is 11.1. The second-order valence-corrected chi connectivity index (χ2v) is 8.96. The normalized spacial score (nSPS) is 19.4. The van der Waals surface area contributed by atoms with Crippen molar-refractivity contribution < 1.29 is 13.0 Å². The van der Waals surface area contributed by atoms with E-state index in [-0.39, 0.29) is 36.3 Å². The zero-order chi connectivity index (χ0) is 20.6. The van der Waals surface area contributed by atoms with Gasteiger partial charge in [0.25, 0.3) is 5.56 Å². The van der Waals surface area contributed by atoms with E-state index >= 15 is 0 Å². The number of nitrogens with one attached hydrogen (secondary N) is 1. The Balaban J connectivity index is 1.63. The van der Waals surface area contributed by atoms with Crippen molar-refractivity contribution in [3.63, 3.8) is 0 Å². The number of pyridine rings is 1. The van der Waals surface area contributed by atoms with Gasteiger partial charge in [0.15, 0.2) is 0 Å². The van der Waals surface area contributed by atoms with Crippen LogP contribution in [0.25, 0.3) is 11.0 Å². The van der Waals surface area contributed by atoms with Crippen LogP contribution in [0.15, 0.2) is 17.1 Å². The number of anilines is 1. The Hall–Kier alpha value is -2.55. The summed E-state index contributed by atoms with van der Waals surface area (Å²) in [6, 6.07) is 3.48. The first-order valence-electron chi connectivity index (χ1n) is 9.68. The van der Waals surface area contributed by atoms with E-state index in [1.54, 1.807) is 10.8 Å². The molecule has 0 amide bonds. The lowest BCUT2D eigenvalue weighted by atomic mass is 10.1. The Bertz CT molecular complexity index is 1130. The van der Waals surface area contributed by atoms with Crippen molar-refractivity contribution in [1.82, 2.24) is 18.8 Å². The highest BCUT2D eigenvalue weighted by atomic mass is 32.2. The lowest BCUT2D eigenvalue weighted by Crippen LogP contribution is -2.42. The summed E-state index contributed by atoms with van der Waals surface area (Å²) in [5.74, 6) is 0.360. The molecule has 2 aliphatic rings. The monoisotopic (exact) mass is 418 g/mol. The molecule has 0 aromatic carbocycles. The molecular formula is C18H22N6O4S. The van der Waals surface area contributed by atoms with Crippen LogP contribution in [0.2, 0.25) is 0 Å². The summed E-state index contributed by atoms with van der Waals surface area (Å²) < 4.78 is 34.3. The topological polar surface area (TPSA) is 141 Å². The highest BCUT2D eigenvalue weighted by molar-refractivity contribution is 7.83. The van der Waals surface area contributed by atoms with Gasteiger partial charge in [0.1, 0.15) is 17.3 Å². The van der Waals surface area contributed by atoms with Crippen LogP contribution < -0.4 is 10.9 Å². The predicted octanol–water partition coefficient (Wildman–Crippen LogP) is 1.46. The quantitative estimate of drug-likeness (QED) is 0.711. The highest BCUT2D eigenvalue weighted by Gasteiger charge is 2.27. The van der Waals surface area contributed by atoms with E-state index in [0.717, 1.165) is 30.0 Å². The van der Waals surface area contributed by atoms with Gasteiger partial charge in [-0.25, -0.2) is 4.98 Å². The molecule has 3 heterocycles. The van der Waals surface area contributed by atoms with Crippen LogP contribution in [0, 0.1) is 11.3 Å². The molecule has 10 nitrogen and oxygen atoms in total. The third-order valence-electron chi connectivity index (χ3n) is 5.70. The van der Waals surface area contributed by atoms with Crippen LogP contribution in [-0.2, 0) is 10.3 Å². The fourth-order valence-electron chi connectivity index (χ4n) is 4.18. The number of nitriles is 1. The van der Waals surface area contributed by atoms with Crippen LogP contribution in [0.1, 0.15) is 50.1 Å². The third-order valence-corrected chi connectivity index (χ3v) is 6.71. The van der Waals surface area contributed by atoms with E-state index in [4.69, 9.17) is 4.55 Å². The highest BCUT2D eigenvalue weighted by Crippen LogP contribution is 2.30. The van der Waals surface area contributed by atoms with Gasteiger partial charge in [-0.15, -0.1) is 0 Å².